The molecule has 2 aliphatic rings. The van der Waals surface area contributed by atoms with Crippen LogP contribution in [0.4, 0.5) is 5.82 Å². The van der Waals surface area contributed by atoms with Crippen molar-refractivity contribution in [2.24, 2.45) is 0 Å². The summed E-state index contributed by atoms with van der Waals surface area (Å²) in [6.07, 6.45) is 7.56. The second kappa shape index (κ2) is 5.24. The fraction of sp³-hybridized carbons (Fsp3) is 0.375. The molecule has 0 amide bonds. The fourth-order valence-corrected chi connectivity index (χ4v) is 3.09. The van der Waals surface area contributed by atoms with E-state index >= 15 is 0 Å². The van der Waals surface area contributed by atoms with Crippen molar-refractivity contribution in [1.29, 1.82) is 0 Å². The number of nitrogens with zero attached hydrogens (tertiary/aromatic N) is 3. The molecule has 1 aromatic heterocycles. The van der Waals surface area contributed by atoms with Gasteiger partial charge in [0.15, 0.2) is 11.5 Å². The molecule has 0 aliphatic carbocycles. The lowest BCUT2D eigenvalue weighted by molar-refractivity contribution is 0.171. The first-order chi connectivity index (χ1) is 10.4. The van der Waals surface area contributed by atoms with E-state index in [-0.39, 0.29) is 0 Å². The summed E-state index contributed by atoms with van der Waals surface area (Å²) in [5.74, 6) is 2.63. The Morgan fingerprint density at radius 3 is 2.86 bits per heavy atom. The van der Waals surface area contributed by atoms with Crippen LogP contribution in [-0.2, 0) is 0 Å². The SMILES string of the molecule is c1cnc(N2CCC[C@H]2c2ccc3c(c2)OCCO3)cn1. The monoisotopic (exact) mass is 283 g/mol. The zero-order valence-corrected chi connectivity index (χ0v) is 11.7. The summed E-state index contributed by atoms with van der Waals surface area (Å²) >= 11 is 0. The van der Waals surface area contributed by atoms with Crippen molar-refractivity contribution in [2.45, 2.75) is 18.9 Å². The Bertz CT molecular complexity index is 633. The summed E-state index contributed by atoms with van der Waals surface area (Å²) in [4.78, 5) is 10.9. The maximum atomic E-state index is 5.69. The van der Waals surface area contributed by atoms with Gasteiger partial charge in [0.05, 0.1) is 12.2 Å². The van der Waals surface area contributed by atoms with Crippen LogP contribution in [-0.4, -0.2) is 29.7 Å². The molecule has 1 atom stereocenters. The first-order valence-corrected chi connectivity index (χ1v) is 7.34. The molecule has 1 fully saturated rings. The molecular weight excluding hydrogens is 266 g/mol. The van der Waals surface area contributed by atoms with E-state index in [2.05, 4.69) is 27.0 Å². The summed E-state index contributed by atoms with van der Waals surface area (Å²) < 4.78 is 11.3. The van der Waals surface area contributed by atoms with Gasteiger partial charge in [0.2, 0.25) is 0 Å². The number of rotatable bonds is 2. The number of hydrogen-bond donors (Lipinski definition) is 0. The van der Waals surface area contributed by atoms with Gasteiger partial charge < -0.3 is 14.4 Å². The van der Waals surface area contributed by atoms with Crippen molar-refractivity contribution < 1.29 is 9.47 Å². The van der Waals surface area contributed by atoms with E-state index in [4.69, 9.17) is 9.47 Å². The van der Waals surface area contributed by atoms with Crippen LogP contribution in [0.25, 0.3) is 0 Å². The Kier molecular flexibility index (Phi) is 3.10. The predicted octanol–water partition coefficient (Wildman–Crippen LogP) is 2.59. The highest BCUT2D eigenvalue weighted by molar-refractivity contribution is 5.48. The van der Waals surface area contributed by atoms with Crippen LogP contribution >= 0.6 is 0 Å². The normalized spacial score (nSPS) is 20.6. The molecule has 3 heterocycles. The van der Waals surface area contributed by atoms with Gasteiger partial charge >= 0.3 is 0 Å². The van der Waals surface area contributed by atoms with Gasteiger partial charge in [-0.05, 0) is 30.5 Å². The number of fused-ring (bicyclic) bond motifs is 1. The first kappa shape index (κ1) is 12.4. The zero-order chi connectivity index (χ0) is 14.1. The summed E-state index contributed by atoms with van der Waals surface area (Å²) in [5.41, 5.74) is 1.25. The lowest BCUT2D eigenvalue weighted by Gasteiger charge is -2.27. The Morgan fingerprint density at radius 1 is 1.10 bits per heavy atom. The van der Waals surface area contributed by atoms with Crippen molar-refractivity contribution in [1.82, 2.24) is 9.97 Å². The standard InChI is InChI=1S/C16H17N3O2/c1-2-13(19(7-1)16-11-17-5-6-18-16)12-3-4-14-15(10-12)21-9-8-20-14/h3-6,10-11,13H,1-2,7-9H2/t13-/m0/s1. The lowest BCUT2D eigenvalue weighted by atomic mass is 10.0. The highest BCUT2D eigenvalue weighted by Crippen LogP contribution is 2.39. The van der Waals surface area contributed by atoms with E-state index in [1.807, 2.05) is 12.3 Å². The van der Waals surface area contributed by atoms with E-state index in [0.29, 0.717) is 19.3 Å². The molecule has 108 valence electrons. The van der Waals surface area contributed by atoms with E-state index in [1.165, 1.54) is 5.56 Å². The van der Waals surface area contributed by atoms with E-state index in [0.717, 1.165) is 36.7 Å². The topological polar surface area (TPSA) is 47.5 Å². The quantitative estimate of drug-likeness (QED) is 0.848. The third-order valence-electron chi connectivity index (χ3n) is 4.05. The number of anilines is 1. The molecule has 21 heavy (non-hydrogen) atoms. The molecule has 0 bridgehead atoms. The molecule has 1 saturated heterocycles. The Hall–Kier alpha value is -2.30. The van der Waals surface area contributed by atoms with Crippen LogP contribution < -0.4 is 14.4 Å². The maximum absolute atomic E-state index is 5.69. The minimum absolute atomic E-state index is 0.331. The Morgan fingerprint density at radius 2 is 2.00 bits per heavy atom. The van der Waals surface area contributed by atoms with Crippen LogP contribution in [0.3, 0.4) is 0 Å². The predicted molar refractivity (Wildman–Crippen MR) is 78.8 cm³/mol. The average molecular weight is 283 g/mol. The zero-order valence-electron chi connectivity index (χ0n) is 11.7. The van der Waals surface area contributed by atoms with E-state index in [9.17, 15) is 0 Å². The van der Waals surface area contributed by atoms with Crippen molar-refractivity contribution >= 4 is 5.82 Å². The highest BCUT2D eigenvalue weighted by Gasteiger charge is 2.28. The molecule has 4 rings (SSSR count). The van der Waals surface area contributed by atoms with Crippen LogP contribution in [0, 0.1) is 0 Å². The van der Waals surface area contributed by atoms with Gasteiger partial charge in [0, 0.05) is 18.9 Å². The number of ether oxygens (including phenoxy) is 2. The van der Waals surface area contributed by atoms with Gasteiger partial charge in [-0.3, -0.25) is 4.98 Å². The molecule has 1 aromatic carbocycles. The fourth-order valence-electron chi connectivity index (χ4n) is 3.09. The number of benzene rings is 1. The highest BCUT2D eigenvalue weighted by atomic mass is 16.6. The second-order valence-electron chi connectivity index (χ2n) is 5.32. The third kappa shape index (κ3) is 2.28. The van der Waals surface area contributed by atoms with Crippen molar-refractivity contribution in [3.63, 3.8) is 0 Å². The Balaban J connectivity index is 1.66. The van der Waals surface area contributed by atoms with E-state index in [1.54, 1.807) is 12.4 Å². The third-order valence-corrected chi connectivity index (χ3v) is 4.05. The number of hydrogen-bond acceptors (Lipinski definition) is 5. The Labute approximate surface area is 123 Å². The molecule has 0 radical (unpaired) electrons. The van der Waals surface area contributed by atoms with Crippen molar-refractivity contribution in [2.75, 3.05) is 24.7 Å². The van der Waals surface area contributed by atoms with Crippen LogP contribution in [0.1, 0.15) is 24.4 Å². The van der Waals surface area contributed by atoms with Crippen LogP contribution in [0.2, 0.25) is 0 Å². The first-order valence-electron chi connectivity index (χ1n) is 7.34. The van der Waals surface area contributed by atoms with Gasteiger partial charge in [-0.15, -0.1) is 0 Å². The molecule has 0 spiro atoms. The second-order valence-corrected chi connectivity index (χ2v) is 5.32. The molecule has 0 unspecified atom stereocenters. The van der Waals surface area contributed by atoms with Crippen molar-refractivity contribution in [3.8, 4) is 11.5 Å². The summed E-state index contributed by atoms with van der Waals surface area (Å²) in [6.45, 7) is 2.26. The molecule has 0 N–H and O–H groups in total. The number of aromatic nitrogens is 2. The molecule has 2 aliphatic heterocycles. The smallest absolute Gasteiger partial charge is 0.161 e. The van der Waals surface area contributed by atoms with Crippen LogP contribution in [0.5, 0.6) is 11.5 Å². The minimum atomic E-state index is 0.331. The van der Waals surface area contributed by atoms with Gasteiger partial charge in [0.25, 0.3) is 0 Å². The van der Waals surface area contributed by atoms with Crippen molar-refractivity contribution in [3.05, 3.63) is 42.4 Å². The van der Waals surface area contributed by atoms with Crippen LogP contribution in [0.15, 0.2) is 36.8 Å². The largest absolute Gasteiger partial charge is 0.486 e. The van der Waals surface area contributed by atoms with E-state index < -0.39 is 0 Å². The molecule has 5 nitrogen and oxygen atoms in total. The molecule has 0 saturated carbocycles. The molecule has 5 heteroatoms. The van der Waals surface area contributed by atoms with Gasteiger partial charge in [-0.25, -0.2) is 4.98 Å². The molecule has 2 aromatic rings. The summed E-state index contributed by atoms with van der Waals surface area (Å²) in [6, 6.07) is 6.58. The summed E-state index contributed by atoms with van der Waals surface area (Å²) in [5, 5.41) is 0. The lowest BCUT2D eigenvalue weighted by Crippen LogP contribution is -2.24. The van der Waals surface area contributed by atoms with Gasteiger partial charge in [0.1, 0.15) is 19.0 Å². The minimum Gasteiger partial charge on any atom is -0.486 e. The summed E-state index contributed by atoms with van der Waals surface area (Å²) in [7, 11) is 0. The average Bonchev–Trinajstić information content (AvgIpc) is 3.05. The van der Waals surface area contributed by atoms with Gasteiger partial charge in [-0.2, -0.15) is 0 Å². The molecular formula is C16H17N3O2. The maximum Gasteiger partial charge on any atom is 0.161 e. The van der Waals surface area contributed by atoms with Gasteiger partial charge in [-0.1, -0.05) is 6.07 Å².